The maximum Gasteiger partial charge on any atom is 0.225 e. The first-order valence-corrected chi connectivity index (χ1v) is 7.22. The summed E-state index contributed by atoms with van der Waals surface area (Å²) in [7, 11) is -3.09. The molecule has 2 fully saturated rings. The number of rotatable bonds is 1. The lowest BCUT2D eigenvalue weighted by atomic mass is 10.1. The van der Waals surface area contributed by atoms with E-state index >= 15 is 0 Å². The predicted octanol–water partition coefficient (Wildman–Crippen LogP) is 2.09. The van der Waals surface area contributed by atoms with Crippen LogP contribution >= 0.6 is 7.37 Å². The molecule has 1 atom stereocenters. The molecule has 2 heterocycles. The zero-order valence-corrected chi connectivity index (χ0v) is 9.83. The van der Waals surface area contributed by atoms with Gasteiger partial charge in [-0.2, -0.15) is 0 Å². The minimum atomic E-state index is -3.09. The first kappa shape index (κ1) is 11.3. The Kier molecular flexibility index (Phi) is 3.04. The highest BCUT2D eigenvalue weighted by molar-refractivity contribution is 7.62. The monoisotopic (exact) mass is 232 g/mol. The van der Waals surface area contributed by atoms with E-state index in [1.165, 1.54) is 0 Å². The van der Waals surface area contributed by atoms with Gasteiger partial charge in [0.15, 0.2) is 5.79 Å². The Labute approximate surface area is 89.7 Å². The van der Waals surface area contributed by atoms with E-state index in [1.54, 1.807) is 0 Å². The third kappa shape index (κ3) is 2.18. The highest BCUT2D eigenvalue weighted by Gasteiger charge is 2.46. The van der Waals surface area contributed by atoms with Crippen LogP contribution in [-0.2, 0) is 14.0 Å². The van der Waals surface area contributed by atoms with Crippen molar-refractivity contribution < 1.29 is 18.9 Å². The van der Waals surface area contributed by atoms with Crippen LogP contribution in [0.2, 0.25) is 0 Å². The fourth-order valence-corrected chi connectivity index (χ4v) is 4.03. The molecule has 1 N–H and O–H groups in total. The van der Waals surface area contributed by atoms with Crippen LogP contribution in [0.1, 0.15) is 26.2 Å². The molecule has 1 spiro atoms. The lowest BCUT2D eigenvalue weighted by molar-refractivity contribution is -0.158. The van der Waals surface area contributed by atoms with E-state index in [9.17, 15) is 9.46 Å². The Morgan fingerprint density at radius 3 is 2.80 bits per heavy atom. The molecule has 0 bridgehead atoms. The average Bonchev–Trinajstić information content (AvgIpc) is 2.62. The molecule has 0 aliphatic carbocycles. The first-order chi connectivity index (χ1) is 7.08. The van der Waals surface area contributed by atoms with Crippen molar-refractivity contribution in [2.45, 2.75) is 32.0 Å². The second-order valence-corrected chi connectivity index (χ2v) is 6.49. The molecule has 2 aliphatic heterocycles. The van der Waals surface area contributed by atoms with Crippen LogP contribution in [0.5, 0.6) is 0 Å². The summed E-state index contributed by atoms with van der Waals surface area (Å²) in [6.07, 6.45) is 3.87. The fourth-order valence-electron chi connectivity index (χ4n) is 2.15. The SMILES string of the molecule is CC/C=C1\CC2(CCP1(=O)O)OCCO2. The van der Waals surface area contributed by atoms with Gasteiger partial charge in [0, 0.05) is 24.3 Å². The van der Waals surface area contributed by atoms with Crippen molar-refractivity contribution in [3.63, 3.8) is 0 Å². The van der Waals surface area contributed by atoms with Gasteiger partial charge in [-0.15, -0.1) is 0 Å². The molecule has 2 rings (SSSR count). The Balaban J connectivity index is 2.20. The van der Waals surface area contributed by atoms with Crippen molar-refractivity contribution in [3.05, 3.63) is 11.4 Å². The summed E-state index contributed by atoms with van der Waals surface area (Å²) in [6.45, 7) is 3.15. The van der Waals surface area contributed by atoms with Crippen LogP contribution in [0.25, 0.3) is 0 Å². The molecule has 0 radical (unpaired) electrons. The lowest BCUT2D eigenvalue weighted by Gasteiger charge is -2.35. The van der Waals surface area contributed by atoms with E-state index < -0.39 is 13.2 Å². The van der Waals surface area contributed by atoms with Crippen molar-refractivity contribution in [3.8, 4) is 0 Å². The zero-order valence-electron chi connectivity index (χ0n) is 8.94. The Morgan fingerprint density at radius 1 is 1.53 bits per heavy atom. The standard InChI is InChI=1S/C10H17O4P/c1-2-3-9-8-10(13-5-6-14-10)4-7-15(9,11)12/h3H,2,4-8H2,1H3,(H,11,12)/b9-3+. The summed E-state index contributed by atoms with van der Waals surface area (Å²) >= 11 is 0. The molecule has 0 amide bonds. The van der Waals surface area contributed by atoms with Gasteiger partial charge in [-0.3, -0.25) is 4.57 Å². The van der Waals surface area contributed by atoms with E-state index in [0.29, 0.717) is 31.4 Å². The molecule has 4 nitrogen and oxygen atoms in total. The highest BCUT2D eigenvalue weighted by atomic mass is 31.2. The van der Waals surface area contributed by atoms with Crippen LogP contribution in [0.3, 0.4) is 0 Å². The first-order valence-electron chi connectivity index (χ1n) is 5.37. The van der Waals surface area contributed by atoms with Gasteiger partial charge in [0.05, 0.1) is 13.2 Å². The summed E-state index contributed by atoms with van der Waals surface area (Å²) in [5.74, 6) is -0.600. The van der Waals surface area contributed by atoms with Crippen molar-refractivity contribution in [1.82, 2.24) is 0 Å². The molecule has 2 saturated heterocycles. The van der Waals surface area contributed by atoms with Crippen molar-refractivity contribution in [2.75, 3.05) is 19.4 Å². The topological polar surface area (TPSA) is 55.8 Å². The molecule has 5 heteroatoms. The van der Waals surface area contributed by atoms with E-state index in [4.69, 9.17) is 9.47 Å². The molecule has 0 aromatic heterocycles. The highest BCUT2D eigenvalue weighted by Crippen LogP contribution is 2.59. The van der Waals surface area contributed by atoms with Gasteiger partial charge in [0.2, 0.25) is 7.37 Å². The average molecular weight is 232 g/mol. The molecular formula is C10H17O4P. The molecule has 0 saturated carbocycles. The van der Waals surface area contributed by atoms with Crippen LogP contribution in [-0.4, -0.2) is 30.1 Å². The summed E-state index contributed by atoms with van der Waals surface area (Å²) < 4.78 is 23.0. The number of allylic oxidation sites excluding steroid dienone is 1. The molecule has 86 valence electrons. The second-order valence-electron chi connectivity index (χ2n) is 4.06. The van der Waals surface area contributed by atoms with Gasteiger partial charge in [0.25, 0.3) is 0 Å². The van der Waals surface area contributed by atoms with Gasteiger partial charge in [0.1, 0.15) is 0 Å². The summed E-state index contributed by atoms with van der Waals surface area (Å²) in [5.41, 5.74) is 0. The van der Waals surface area contributed by atoms with Crippen molar-refractivity contribution in [2.24, 2.45) is 0 Å². The van der Waals surface area contributed by atoms with Crippen molar-refractivity contribution >= 4 is 7.37 Å². The van der Waals surface area contributed by atoms with Crippen molar-refractivity contribution in [1.29, 1.82) is 0 Å². The second kappa shape index (κ2) is 4.02. The molecule has 0 aromatic carbocycles. The molecule has 1 unspecified atom stereocenters. The van der Waals surface area contributed by atoms with E-state index in [-0.39, 0.29) is 6.16 Å². The minimum absolute atomic E-state index is 0.277. The number of hydrogen-bond donors (Lipinski definition) is 1. The molecule has 15 heavy (non-hydrogen) atoms. The van der Waals surface area contributed by atoms with Crippen LogP contribution < -0.4 is 0 Å². The predicted molar refractivity (Wildman–Crippen MR) is 56.9 cm³/mol. The third-order valence-electron chi connectivity index (χ3n) is 2.95. The van der Waals surface area contributed by atoms with E-state index in [2.05, 4.69) is 0 Å². The summed E-state index contributed by atoms with van der Waals surface area (Å²) in [6, 6.07) is 0. The fraction of sp³-hybridized carbons (Fsp3) is 0.800. The lowest BCUT2D eigenvalue weighted by Crippen LogP contribution is -2.35. The summed E-state index contributed by atoms with van der Waals surface area (Å²) in [4.78, 5) is 9.79. The smallest absolute Gasteiger partial charge is 0.225 e. The van der Waals surface area contributed by atoms with E-state index in [1.807, 2.05) is 13.0 Å². The summed E-state index contributed by atoms with van der Waals surface area (Å²) in [5, 5.41) is 0.623. The zero-order chi connectivity index (χ0) is 10.9. The number of hydrogen-bond acceptors (Lipinski definition) is 3. The minimum Gasteiger partial charge on any atom is -0.347 e. The maximum atomic E-state index is 11.9. The Bertz CT molecular complexity index is 317. The largest absolute Gasteiger partial charge is 0.347 e. The molecular weight excluding hydrogens is 215 g/mol. The van der Waals surface area contributed by atoms with Gasteiger partial charge in [-0.1, -0.05) is 13.0 Å². The Hall–Kier alpha value is -0.150. The maximum absolute atomic E-state index is 11.9. The Morgan fingerprint density at radius 2 is 2.20 bits per heavy atom. The quantitative estimate of drug-likeness (QED) is 0.703. The van der Waals surface area contributed by atoms with Crippen LogP contribution in [0.4, 0.5) is 0 Å². The van der Waals surface area contributed by atoms with Gasteiger partial charge in [-0.25, -0.2) is 0 Å². The van der Waals surface area contributed by atoms with E-state index in [0.717, 1.165) is 6.42 Å². The third-order valence-corrected chi connectivity index (χ3v) is 5.02. The molecule has 2 aliphatic rings. The van der Waals surface area contributed by atoms with Gasteiger partial charge in [-0.05, 0) is 6.42 Å². The van der Waals surface area contributed by atoms with Gasteiger partial charge >= 0.3 is 0 Å². The normalized spacial score (nSPS) is 37.6. The number of ether oxygens (including phenoxy) is 2. The van der Waals surface area contributed by atoms with Gasteiger partial charge < -0.3 is 14.4 Å². The van der Waals surface area contributed by atoms with Crippen LogP contribution in [0.15, 0.2) is 11.4 Å². The molecule has 0 aromatic rings. The van der Waals surface area contributed by atoms with Crippen LogP contribution in [0, 0.1) is 0 Å².